The van der Waals surface area contributed by atoms with Gasteiger partial charge in [0.15, 0.2) is 0 Å². The van der Waals surface area contributed by atoms with Crippen LogP contribution in [0.4, 0.5) is 5.69 Å². The Balaban J connectivity index is 1.32. The predicted molar refractivity (Wildman–Crippen MR) is 126 cm³/mol. The summed E-state index contributed by atoms with van der Waals surface area (Å²) in [5, 5.41) is 3.01. The van der Waals surface area contributed by atoms with Crippen molar-refractivity contribution in [2.24, 2.45) is 5.92 Å². The molecule has 0 spiro atoms. The maximum absolute atomic E-state index is 12.9. The first kappa shape index (κ1) is 22.5. The van der Waals surface area contributed by atoms with Gasteiger partial charge in [-0.1, -0.05) is 42.0 Å². The number of morpholine rings is 1. The first-order chi connectivity index (χ1) is 15.6. The van der Waals surface area contributed by atoms with Crippen molar-refractivity contribution in [2.45, 2.75) is 32.7 Å². The molecule has 2 aliphatic rings. The number of carbonyl (C=O) groups excluding carboxylic acids is 2. The molecule has 0 bridgehead atoms. The zero-order valence-electron chi connectivity index (χ0n) is 18.9. The van der Waals surface area contributed by atoms with Crippen LogP contribution in [0.15, 0.2) is 48.5 Å². The molecular formula is C26H33N3O3. The highest BCUT2D eigenvalue weighted by molar-refractivity contribution is 5.96. The number of hydrogen-bond acceptors (Lipinski definition) is 4. The van der Waals surface area contributed by atoms with E-state index >= 15 is 0 Å². The smallest absolute Gasteiger partial charge is 0.230 e. The van der Waals surface area contributed by atoms with Crippen molar-refractivity contribution in [3.8, 4) is 0 Å². The Labute approximate surface area is 190 Å². The van der Waals surface area contributed by atoms with Gasteiger partial charge in [0.1, 0.15) is 0 Å². The van der Waals surface area contributed by atoms with Crippen LogP contribution in [0.2, 0.25) is 0 Å². The molecule has 6 nitrogen and oxygen atoms in total. The van der Waals surface area contributed by atoms with E-state index in [1.165, 1.54) is 5.56 Å². The minimum atomic E-state index is 0.0246. The Hall–Kier alpha value is -2.70. The van der Waals surface area contributed by atoms with Crippen LogP contribution >= 0.6 is 0 Å². The number of anilines is 1. The van der Waals surface area contributed by atoms with E-state index in [0.29, 0.717) is 19.5 Å². The average molecular weight is 436 g/mol. The fourth-order valence-corrected chi connectivity index (χ4v) is 3.94. The van der Waals surface area contributed by atoms with Crippen LogP contribution < -0.4 is 10.2 Å². The molecule has 1 saturated heterocycles. The summed E-state index contributed by atoms with van der Waals surface area (Å²) < 4.78 is 5.35. The molecule has 1 saturated carbocycles. The number of rotatable bonds is 9. The van der Waals surface area contributed by atoms with E-state index in [9.17, 15) is 9.59 Å². The topological polar surface area (TPSA) is 61.9 Å². The molecule has 2 aromatic carbocycles. The standard InChI is InChI=1S/C26H33N3O3/c1-20-2-4-22(5-3-20)19-29(26(31)23-8-9-23)24-10-6-21(7-11-24)18-25(30)27-12-13-28-14-16-32-17-15-28/h2-7,10-11,23H,8-9,12-19H2,1H3,(H,27,30). The molecule has 2 amide bonds. The van der Waals surface area contributed by atoms with Gasteiger partial charge in [-0.15, -0.1) is 0 Å². The minimum Gasteiger partial charge on any atom is -0.379 e. The number of aryl methyl sites for hydroxylation is 1. The zero-order valence-corrected chi connectivity index (χ0v) is 18.9. The highest BCUT2D eigenvalue weighted by Crippen LogP contribution is 2.33. The van der Waals surface area contributed by atoms with Gasteiger partial charge in [0, 0.05) is 37.8 Å². The van der Waals surface area contributed by atoms with Gasteiger partial charge < -0.3 is 15.0 Å². The van der Waals surface area contributed by atoms with Crippen LogP contribution in [0.1, 0.15) is 29.5 Å². The average Bonchev–Trinajstić information content (AvgIpc) is 3.65. The molecule has 170 valence electrons. The van der Waals surface area contributed by atoms with E-state index in [-0.39, 0.29) is 17.7 Å². The SMILES string of the molecule is Cc1ccc(CN(C(=O)C2CC2)c2ccc(CC(=O)NCCN3CCOCC3)cc2)cc1. The summed E-state index contributed by atoms with van der Waals surface area (Å²) in [6.45, 7) is 7.52. The lowest BCUT2D eigenvalue weighted by atomic mass is 10.1. The Kier molecular flexibility index (Phi) is 7.55. The Morgan fingerprint density at radius 1 is 1.00 bits per heavy atom. The van der Waals surface area contributed by atoms with Crippen molar-refractivity contribution in [2.75, 3.05) is 44.3 Å². The van der Waals surface area contributed by atoms with E-state index in [1.807, 2.05) is 29.2 Å². The summed E-state index contributed by atoms with van der Waals surface area (Å²) in [4.78, 5) is 29.5. The Morgan fingerprint density at radius 2 is 1.66 bits per heavy atom. The molecule has 0 radical (unpaired) electrons. The third-order valence-electron chi connectivity index (χ3n) is 6.12. The number of hydrogen-bond donors (Lipinski definition) is 1. The van der Waals surface area contributed by atoms with Crippen molar-refractivity contribution in [3.63, 3.8) is 0 Å². The number of nitrogens with zero attached hydrogens (tertiary/aromatic N) is 2. The molecule has 1 aliphatic carbocycles. The molecule has 6 heteroatoms. The van der Waals surface area contributed by atoms with Gasteiger partial charge in [-0.3, -0.25) is 14.5 Å². The number of carbonyl (C=O) groups is 2. The second-order valence-electron chi connectivity index (χ2n) is 8.83. The monoisotopic (exact) mass is 435 g/mol. The van der Waals surface area contributed by atoms with Gasteiger partial charge in [0.05, 0.1) is 26.2 Å². The number of amides is 2. The number of nitrogens with one attached hydrogen (secondary N) is 1. The lowest BCUT2D eigenvalue weighted by Crippen LogP contribution is -2.41. The summed E-state index contributed by atoms with van der Waals surface area (Å²) in [6, 6.07) is 16.2. The number of benzene rings is 2. The Morgan fingerprint density at radius 3 is 2.31 bits per heavy atom. The van der Waals surface area contributed by atoms with Crippen LogP contribution in [0.25, 0.3) is 0 Å². The summed E-state index contributed by atoms with van der Waals surface area (Å²) in [5.74, 6) is 0.369. The largest absolute Gasteiger partial charge is 0.379 e. The van der Waals surface area contributed by atoms with Crippen LogP contribution in [0.3, 0.4) is 0 Å². The van der Waals surface area contributed by atoms with E-state index in [4.69, 9.17) is 4.74 Å². The van der Waals surface area contributed by atoms with Crippen LogP contribution in [0, 0.1) is 12.8 Å². The summed E-state index contributed by atoms with van der Waals surface area (Å²) in [7, 11) is 0. The van der Waals surface area contributed by atoms with Gasteiger partial charge in [-0.2, -0.15) is 0 Å². The molecule has 4 rings (SSSR count). The van der Waals surface area contributed by atoms with Gasteiger partial charge in [-0.05, 0) is 43.0 Å². The quantitative estimate of drug-likeness (QED) is 0.658. The van der Waals surface area contributed by atoms with E-state index in [0.717, 1.165) is 62.5 Å². The predicted octanol–water partition coefficient (Wildman–Crippen LogP) is 2.93. The van der Waals surface area contributed by atoms with Crippen molar-refractivity contribution >= 4 is 17.5 Å². The van der Waals surface area contributed by atoms with Crippen molar-refractivity contribution in [3.05, 3.63) is 65.2 Å². The first-order valence-electron chi connectivity index (χ1n) is 11.6. The second kappa shape index (κ2) is 10.7. The van der Waals surface area contributed by atoms with E-state index < -0.39 is 0 Å². The summed E-state index contributed by atoms with van der Waals surface area (Å²) >= 11 is 0. The molecule has 1 heterocycles. The maximum atomic E-state index is 12.9. The number of ether oxygens (including phenoxy) is 1. The molecule has 2 fully saturated rings. The molecule has 0 unspecified atom stereocenters. The molecular weight excluding hydrogens is 402 g/mol. The van der Waals surface area contributed by atoms with Gasteiger partial charge >= 0.3 is 0 Å². The van der Waals surface area contributed by atoms with Crippen molar-refractivity contribution in [1.82, 2.24) is 10.2 Å². The van der Waals surface area contributed by atoms with Gasteiger partial charge in [-0.25, -0.2) is 0 Å². The summed E-state index contributed by atoms with van der Waals surface area (Å²) in [5.41, 5.74) is 4.17. The van der Waals surface area contributed by atoms with Gasteiger partial charge in [0.25, 0.3) is 0 Å². The summed E-state index contributed by atoms with van der Waals surface area (Å²) in [6.07, 6.45) is 2.30. The Bertz CT molecular complexity index is 901. The molecule has 1 N–H and O–H groups in total. The molecule has 2 aromatic rings. The normalized spacial score (nSPS) is 16.5. The van der Waals surface area contributed by atoms with Crippen molar-refractivity contribution in [1.29, 1.82) is 0 Å². The highest BCUT2D eigenvalue weighted by atomic mass is 16.5. The van der Waals surface area contributed by atoms with Gasteiger partial charge in [0.2, 0.25) is 11.8 Å². The van der Waals surface area contributed by atoms with E-state index in [2.05, 4.69) is 41.4 Å². The van der Waals surface area contributed by atoms with Crippen LogP contribution in [0.5, 0.6) is 0 Å². The molecule has 0 atom stereocenters. The zero-order chi connectivity index (χ0) is 22.3. The first-order valence-corrected chi connectivity index (χ1v) is 11.6. The fourth-order valence-electron chi connectivity index (χ4n) is 3.94. The maximum Gasteiger partial charge on any atom is 0.230 e. The minimum absolute atomic E-state index is 0.0246. The van der Waals surface area contributed by atoms with Crippen molar-refractivity contribution < 1.29 is 14.3 Å². The second-order valence-corrected chi connectivity index (χ2v) is 8.83. The molecule has 1 aliphatic heterocycles. The fraction of sp³-hybridized carbons (Fsp3) is 0.462. The third kappa shape index (κ3) is 6.40. The molecule has 0 aromatic heterocycles. The molecule has 32 heavy (non-hydrogen) atoms. The highest BCUT2D eigenvalue weighted by Gasteiger charge is 2.34. The van der Waals surface area contributed by atoms with Crippen LogP contribution in [-0.4, -0.2) is 56.1 Å². The lowest BCUT2D eigenvalue weighted by molar-refractivity contribution is -0.121. The third-order valence-corrected chi connectivity index (χ3v) is 6.12. The lowest BCUT2D eigenvalue weighted by Gasteiger charge is -2.26. The van der Waals surface area contributed by atoms with Crippen LogP contribution in [-0.2, 0) is 27.3 Å². The van der Waals surface area contributed by atoms with E-state index in [1.54, 1.807) is 0 Å².